The van der Waals surface area contributed by atoms with Crippen molar-refractivity contribution >= 4 is 40.8 Å². The second kappa shape index (κ2) is 6.65. The lowest BCUT2D eigenvalue weighted by atomic mass is 10.3. The number of benzene rings is 1. The van der Waals surface area contributed by atoms with Gasteiger partial charge in [0.05, 0.1) is 22.5 Å². The summed E-state index contributed by atoms with van der Waals surface area (Å²) in [5, 5.41) is 3.31. The molecule has 110 valence electrons. The molecule has 0 saturated carbocycles. The molecular formula is C14H11Cl2NO4. The van der Waals surface area contributed by atoms with E-state index in [0.29, 0.717) is 15.7 Å². The Kier molecular flexibility index (Phi) is 4.88. The zero-order valence-corrected chi connectivity index (χ0v) is 12.4. The Balaban J connectivity index is 1.99. The van der Waals surface area contributed by atoms with Crippen molar-refractivity contribution in [3.63, 3.8) is 0 Å². The molecule has 0 aliphatic rings. The third-order valence-corrected chi connectivity index (χ3v) is 3.16. The SMILES string of the molecule is CC(OC(=O)c1ccoc1)C(=O)Nc1cc(Cl)ccc1Cl. The fourth-order valence-electron chi connectivity index (χ4n) is 1.49. The minimum Gasteiger partial charge on any atom is -0.472 e. The van der Waals surface area contributed by atoms with Gasteiger partial charge in [-0.25, -0.2) is 4.79 Å². The van der Waals surface area contributed by atoms with E-state index in [1.165, 1.54) is 31.6 Å². The molecule has 1 amide bonds. The molecule has 0 aliphatic carbocycles. The van der Waals surface area contributed by atoms with E-state index in [2.05, 4.69) is 5.32 Å². The van der Waals surface area contributed by atoms with Gasteiger partial charge in [-0.3, -0.25) is 4.79 Å². The third-order valence-electron chi connectivity index (χ3n) is 2.60. The molecule has 7 heteroatoms. The number of halogens is 2. The largest absolute Gasteiger partial charge is 0.472 e. The zero-order chi connectivity index (χ0) is 15.4. The van der Waals surface area contributed by atoms with Crippen LogP contribution in [0.3, 0.4) is 0 Å². The fraction of sp³-hybridized carbons (Fsp3) is 0.143. The van der Waals surface area contributed by atoms with Gasteiger partial charge in [-0.2, -0.15) is 0 Å². The van der Waals surface area contributed by atoms with E-state index in [4.69, 9.17) is 32.4 Å². The lowest BCUT2D eigenvalue weighted by Gasteiger charge is -2.13. The lowest BCUT2D eigenvalue weighted by molar-refractivity contribution is -0.123. The van der Waals surface area contributed by atoms with E-state index in [0.717, 1.165) is 0 Å². The van der Waals surface area contributed by atoms with Gasteiger partial charge in [0, 0.05) is 5.02 Å². The second-order valence-corrected chi connectivity index (χ2v) is 5.02. The predicted molar refractivity (Wildman–Crippen MR) is 78.7 cm³/mol. The van der Waals surface area contributed by atoms with Crippen LogP contribution in [0.2, 0.25) is 10.0 Å². The molecule has 0 bridgehead atoms. The molecule has 0 radical (unpaired) electrons. The quantitative estimate of drug-likeness (QED) is 0.868. The van der Waals surface area contributed by atoms with Gasteiger partial charge in [0.1, 0.15) is 6.26 Å². The molecule has 2 rings (SSSR count). The first-order valence-corrected chi connectivity index (χ1v) is 6.72. The van der Waals surface area contributed by atoms with E-state index in [1.54, 1.807) is 12.1 Å². The summed E-state index contributed by atoms with van der Waals surface area (Å²) in [5.74, 6) is -1.17. The van der Waals surface area contributed by atoms with Gasteiger partial charge < -0.3 is 14.5 Å². The summed E-state index contributed by atoms with van der Waals surface area (Å²) < 4.78 is 9.78. The van der Waals surface area contributed by atoms with Crippen LogP contribution in [-0.2, 0) is 9.53 Å². The minimum atomic E-state index is -0.998. The number of anilines is 1. The summed E-state index contributed by atoms with van der Waals surface area (Å²) in [6.07, 6.45) is 1.58. The highest BCUT2D eigenvalue weighted by molar-refractivity contribution is 6.35. The van der Waals surface area contributed by atoms with E-state index >= 15 is 0 Å². The van der Waals surface area contributed by atoms with Gasteiger partial charge in [-0.15, -0.1) is 0 Å². The summed E-state index contributed by atoms with van der Waals surface area (Å²) in [7, 11) is 0. The fourth-order valence-corrected chi connectivity index (χ4v) is 1.83. The Morgan fingerprint density at radius 1 is 1.29 bits per heavy atom. The number of furan rings is 1. The average molecular weight is 328 g/mol. The Morgan fingerprint density at radius 3 is 2.71 bits per heavy atom. The molecule has 1 N–H and O–H groups in total. The maximum absolute atomic E-state index is 12.0. The molecular weight excluding hydrogens is 317 g/mol. The first-order chi connectivity index (χ1) is 9.97. The van der Waals surface area contributed by atoms with Crippen molar-refractivity contribution in [2.75, 3.05) is 5.32 Å². The van der Waals surface area contributed by atoms with E-state index in [9.17, 15) is 9.59 Å². The number of rotatable bonds is 4. The van der Waals surface area contributed by atoms with Crippen LogP contribution >= 0.6 is 23.2 Å². The number of ether oxygens (including phenoxy) is 1. The molecule has 1 atom stereocenters. The maximum Gasteiger partial charge on any atom is 0.342 e. The van der Waals surface area contributed by atoms with Gasteiger partial charge in [-0.05, 0) is 31.2 Å². The molecule has 1 aromatic heterocycles. The minimum absolute atomic E-state index is 0.232. The van der Waals surface area contributed by atoms with Crippen molar-refractivity contribution in [1.82, 2.24) is 0 Å². The normalized spacial score (nSPS) is 11.8. The van der Waals surface area contributed by atoms with Crippen LogP contribution in [0.5, 0.6) is 0 Å². The Labute approximate surface area is 130 Å². The van der Waals surface area contributed by atoms with Crippen molar-refractivity contribution in [2.45, 2.75) is 13.0 Å². The molecule has 1 aromatic carbocycles. The number of esters is 1. The topological polar surface area (TPSA) is 68.5 Å². The molecule has 0 spiro atoms. The number of carbonyl (C=O) groups excluding carboxylic acids is 2. The predicted octanol–water partition coefficient (Wildman–Crippen LogP) is 3.77. The van der Waals surface area contributed by atoms with Crippen LogP contribution in [0, 0.1) is 0 Å². The number of hydrogen-bond donors (Lipinski definition) is 1. The average Bonchev–Trinajstić information content (AvgIpc) is 2.97. The highest BCUT2D eigenvalue weighted by Crippen LogP contribution is 2.25. The van der Waals surface area contributed by atoms with E-state index < -0.39 is 18.0 Å². The third kappa shape index (κ3) is 4.00. The standard InChI is InChI=1S/C14H11Cl2NO4/c1-8(21-14(19)9-4-5-20-7-9)13(18)17-12-6-10(15)2-3-11(12)16/h2-8H,1H3,(H,17,18). The molecule has 0 fully saturated rings. The molecule has 0 aliphatic heterocycles. The first kappa shape index (κ1) is 15.4. The van der Waals surface area contributed by atoms with Gasteiger partial charge in [0.2, 0.25) is 0 Å². The van der Waals surface area contributed by atoms with Crippen molar-refractivity contribution in [1.29, 1.82) is 0 Å². The number of amides is 1. The molecule has 21 heavy (non-hydrogen) atoms. The highest BCUT2D eigenvalue weighted by Gasteiger charge is 2.20. The monoisotopic (exact) mass is 327 g/mol. The lowest BCUT2D eigenvalue weighted by Crippen LogP contribution is -2.30. The van der Waals surface area contributed by atoms with Crippen LogP contribution in [-0.4, -0.2) is 18.0 Å². The van der Waals surface area contributed by atoms with Crippen molar-refractivity contribution in [3.05, 3.63) is 52.4 Å². The Morgan fingerprint density at radius 2 is 2.05 bits per heavy atom. The van der Waals surface area contributed by atoms with Crippen molar-refractivity contribution in [3.8, 4) is 0 Å². The van der Waals surface area contributed by atoms with Crippen LogP contribution in [0.1, 0.15) is 17.3 Å². The molecule has 0 saturated heterocycles. The van der Waals surface area contributed by atoms with Crippen LogP contribution < -0.4 is 5.32 Å². The first-order valence-electron chi connectivity index (χ1n) is 5.96. The highest BCUT2D eigenvalue weighted by atomic mass is 35.5. The van der Waals surface area contributed by atoms with Crippen LogP contribution in [0.25, 0.3) is 0 Å². The Bertz CT molecular complexity index is 655. The summed E-state index contributed by atoms with van der Waals surface area (Å²) >= 11 is 11.8. The summed E-state index contributed by atoms with van der Waals surface area (Å²) in [4.78, 5) is 23.7. The van der Waals surface area contributed by atoms with Crippen molar-refractivity contribution < 1.29 is 18.7 Å². The zero-order valence-electron chi connectivity index (χ0n) is 10.9. The van der Waals surface area contributed by atoms with Gasteiger partial charge in [0.15, 0.2) is 6.10 Å². The number of hydrogen-bond acceptors (Lipinski definition) is 4. The van der Waals surface area contributed by atoms with E-state index in [1.807, 2.05) is 0 Å². The molecule has 1 heterocycles. The van der Waals surface area contributed by atoms with Crippen LogP contribution in [0.4, 0.5) is 5.69 Å². The summed E-state index contributed by atoms with van der Waals surface area (Å²) in [5.41, 5.74) is 0.579. The second-order valence-electron chi connectivity index (χ2n) is 4.17. The molecule has 2 aromatic rings. The Hall–Kier alpha value is -1.98. The van der Waals surface area contributed by atoms with Crippen LogP contribution in [0.15, 0.2) is 41.2 Å². The number of nitrogens with one attached hydrogen (secondary N) is 1. The molecule has 1 unspecified atom stereocenters. The van der Waals surface area contributed by atoms with Gasteiger partial charge >= 0.3 is 5.97 Å². The maximum atomic E-state index is 12.0. The number of carbonyl (C=O) groups is 2. The van der Waals surface area contributed by atoms with Gasteiger partial charge in [0.25, 0.3) is 5.91 Å². The van der Waals surface area contributed by atoms with Gasteiger partial charge in [-0.1, -0.05) is 23.2 Å². The van der Waals surface area contributed by atoms with E-state index in [-0.39, 0.29) is 5.56 Å². The summed E-state index contributed by atoms with van der Waals surface area (Å²) in [6, 6.07) is 6.11. The smallest absolute Gasteiger partial charge is 0.342 e. The molecule has 5 nitrogen and oxygen atoms in total. The van der Waals surface area contributed by atoms with Crippen molar-refractivity contribution in [2.24, 2.45) is 0 Å². The summed E-state index contributed by atoms with van der Waals surface area (Å²) in [6.45, 7) is 1.45.